The monoisotopic (exact) mass is 312 g/mol. The smallest absolute Gasteiger partial charge is 0.118 e. The van der Waals surface area contributed by atoms with Crippen LogP contribution in [0.4, 0.5) is 0 Å². The lowest BCUT2D eigenvalue weighted by Crippen LogP contribution is -2.44. The Balaban J connectivity index is 0.00000220. The summed E-state index contributed by atoms with van der Waals surface area (Å²) in [4.78, 5) is 2.69. The Morgan fingerprint density at radius 3 is 2.38 bits per heavy atom. The van der Waals surface area contributed by atoms with Gasteiger partial charge in [-0.15, -0.1) is 12.4 Å². The Labute approximate surface area is 135 Å². The van der Waals surface area contributed by atoms with E-state index in [1.54, 1.807) is 7.11 Å². The van der Waals surface area contributed by atoms with Crippen molar-refractivity contribution in [3.8, 4) is 5.75 Å². The van der Waals surface area contributed by atoms with E-state index < -0.39 is 0 Å². The molecule has 0 unspecified atom stereocenters. The highest BCUT2D eigenvalue weighted by atomic mass is 35.5. The molecule has 1 aliphatic rings. The summed E-state index contributed by atoms with van der Waals surface area (Å²) < 4.78 is 5.21. The minimum Gasteiger partial charge on any atom is -0.497 e. The van der Waals surface area contributed by atoms with Crippen LogP contribution in [0.3, 0.4) is 0 Å². The van der Waals surface area contributed by atoms with Crippen molar-refractivity contribution in [1.82, 2.24) is 10.2 Å². The van der Waals surface area contributed by atoms with Crippen LogP contribution in [0, 0.1) is 0 Å². The number of ether oxygens (including phenoxy) is 1. The third-order valence-electron chi connectivity index (χ3n) is 4.18. The van der Waals surface area contributed by atoms with Crippen molar-refractivity contribution >= 4 is 12.4 Å². The van der Waals surface area contributed by atoms with E-state index in [9.17, 15) is 0 Å². The van der Waals surface area contributed by atoms with Crippen LogP contribution >= 0.6 is 12.4 Å². The van der Waals surface area contributed by atoms with Crippen LogP contribution in [0.5, 0.6) is 5.75 Å². The molecule has 0 atom stereocenters. The molecule has 1 fully saturated rings. The SMILES string of the molecule is CCCN(CCc1ccc(OC)cc1)C1CCNCC1.Cl. The molecular formula is C17H29ClN2O. The fourth-order valence-corrected chi connectivity index (χ4v) is 3.00. The average molecular weight is 313 g/mol. The summed E-state index contributed by atoms with van der Waals surface area (Å²) in [6, 6.07) is 9.26. The number of methoxy groups -OCH3 is 1. The molecule has 1 aromatic rings. The average Bonchev–Trinajstić information content (AvgIpc) is 2.53. The van der Waals surface area contributed by atoms with E-state index in [1.165, 1.54) is 51.0 Å². The van der Waals surface area contributed by atoms with Crippen LogP contribution in [0.2, 0.25) is 0 Å². The highest BCUT2D eigenvalue weighted by Gasteiger charge is 2.19. The van der Waals surface area contributed by atoms with Gasteiger partial charge in [-0.2, -0.15) is 0 Å². The summed E-state index contributed by atoms with van der Waals surface area (Å²) in [7, 11) is 1.72. The molecule has 3 nitrogen and oxygen atoms in total. The zero-order valence-electron chi connectivity index (χ0n) is 13.3. The highest BCUT2D eigenvalue weighted by Crippen LogP contribution is 2.15. The maximum absolute atomic E-state index is 5.21. The first-order chi connectivity index (χ1) is 9.83. The quantitative estimate of drug-likeness (QED) is 0.837. The minimum atomic E-state index is 0. The lowest BCUT2D eigenvalue weighted by Gasteiger charge is -2.34. The number of nitrogens with zero attached hydrogens (tertiary/aromatic N) is 1. The Bertz CT molecular complexity index is 377. The molecule has 1 heterocycles. The van der Waals surface area contributed by atoms with Gasteiger partial charge in [0.25, 0.3) is 0 Å². The molecule has 0 bridgehead atoms. The normalized spacial score (nSPS) is 15.8. The van der Waals surface area contributed by atoms with E-state index in [2.05, 4.69) is 41.4 Å². The molecule has 0 aromatic heterocycles. The summed E-state index contributed by atoms with van der Waals surface area (Å²) in [6.45, 7) is 7.02. The minimum absolute atomic E-state index is 0. The van der Waals surface area contributed by atoms with Gasteiger partial charge in [-0.3, -0.25) is 4.90 Å². The third-order valence-corrected chi connectivity index (χ3v) is 4.18. The van der Waals surface area contributed by atoms with Crippen LogP contribution in [-0.2, 0) is 6.42 Å². The van der Waals surface area contributed by atoms with Crippen molar-refractivity contribution in [3.63, 3.8) is 0 Å². The molecule has 0 radical (unpaired) electrons. The van der Waals surface area contributed by atoms with Crippen LogP contribution in [0.1, 0.15) is 31.7 Å². The van der Waals surface area contributed by atoms with E-state index in [0.29, 0.717) is 0 Å². The Morgan fingerprint density at radius 1 is 1.14 bits per heavy atom. The molecule has 1 aliphatic heterocycles. The first kappa shape index (κ1) is 18.3. The van der Waals surface area contributed by atoms with Crippen molar-refractivity contribution < 1.29 is 4.74 Å². The zero-order valence-corrected chi connectivity index (χ0v) is 14.1. The predicted molar refractivity (Wildman–Crippen MR) is 91.7 cm³/mol. The first-order valence-corrected chi connectivity index (χ1v) is 7.91. The number of halogens is 1. The van der Waals surface area contributed by atoms with Gasteiger partial charge in [-0.25, -0.2) is 0 Å². The largest absolute Gasteiger partial charge is 0.497 e. The van der Waals surface area contributed by atoms with Gasteiger partial charge in [-0.1, -0.05) is 19.1 Å². The number of hydrogen-bond donors (Lipinski definition) is 1. The van der Waals surface area contributed by atoms with E-state index in [1.807, 2.05) is 0 Å². The number of hydrogen-bond acceptors (Lipinski definition) is 3. The molecule has 0 spiro atoms. The fourth-order valence-electron chi connectivity index (χ4n) is 3.00. The molecular weight excluding hydrogens is 284 g/mol. The summed E-state index contributed by atoms with van der Waals surface area (Å²) in [5, 5.41) is 3.46. The Morgan fingerprint density at radius 2 is 1.81 bits per heavy atom. The van der Waals surface area contributed by atoms with Crippen LogP contribution in [0.15, 0.2) is 24.3 Å². The van der Waals surface area contributed by atoms with E-state index in [0.717, 1.165) is 18.2 Å². The van der Waals surface area contributed by atoms with Gasteiger partial charge in [0, 0.05) is 12.6 Å². The highest BCUT2D eigenvalue weighted by molar-refractivity contribution is 5.85. The van der Waals surface area contributed by atoms with E-state index in [-0.39, 0.29) is 12.4 Å². The van der Waals surface area contributed by atoms with Crippen molar-refractivity contribution in [1.29, 1.82) is 0 Å². The van der Waals surface area contributed by atoms with E-state index in [4.69, 9.17) is 4.74 Å². The van der Waals surface area contributed by atoms with Gasteiger partial charge < -0.3 is 10.1 Å². The van der Waals surface area contributed by atoms with Crippen molar-refractivity contribution in [2.75, 3.05) is 33.3 Å². The summed E-state index contributed by atoms with van der Waals surface area (Å²) in [5.74, 6) is 0.942. The van der Waals surface area contributed by atoms with Crippen LogP contribution < -0.4 is 10.1 Å². The van der Waals surface area contributed by atoms with Crippen LogP contribution in [0.25, 0.3) is 0 Å². The zero-order chi connectivity index (χ0) is 14.2. The molecule has 120 valence electrons. The van der Waals surface area contributed by atoms with Crippen molar-refractivity contribution in [3.05, 3.63) is 29.8 Å². The molecule has 4 heteroatoms. The van der Waals surface area contributed by atoms with Gasteiger partial charge in [0.15, 0.2) is 0 Å². The Kier molecular flexibility index (Phi) is 8.74. The molecule has 0 aliphatic carbocycles. The second kappa shape index (κ2) is 10.0. The molecule has 1 aromatic carbocycles. The van der Waals surface area contributed by atoms with Crippen LogP contribution in [-0.4, -0.2) is 44.2 Å². The van der Waals surface area contributed by atoms with Gasteiger partial charge in [0.05, 0.1) is 7.11 Å². The number of piperidine rings is 1. The maximum atomic E-state index is 5.21. The Hall–Kier alpha value is -0.770. The molecule has 1 saturated heterocycles. The van der Waals surface area contributed by atoms with Gasteiger partial charge in [0.1, 0.15) is 5.75 Å². The second-order valence-electron chi connectivity index (χ2n) is 5.62. The topological polar surface area (TPSA) is 24.5 Å². The molecule has 21 heavy (non-hydrogen) atoms. The van der Waals surface area contributed by atoms with E-state index >= 15 is 0 Å². The first-order valence-electron chi connectivity index (χ1n) is 7.91. The molecule has 1 N–H and O–H groups in total. The van der Waals surface area contributed by atoms with Crippen molar-refractivity contribution in [2.24, 2.45) is 0 Å². The summed E-state index contributed by atoms with van der Waals surface area (Å²) in [5.41, 5.74) is 1.40. The molecule has 2 rings (SSSR count). The van der Waals surface area contributed by atoms with Gasteiger partial charge >= 0.3 is 0 Å². The number of benzene rings is 1. The lowest BCUT2D eigenvalue weighted by molar-refractivity contribution is 0.164. The predicted octanol–water partition coefficient (Wildman–Crippen LogP) is 3.12. The third kappa shape index (κ3) is 5.85. The maximum Gasteiger partial charge on any atom is 0.118 e. The summed E-state index contributed by atoms with van der Waals surface area (Å²) >= 11 is 0. The van der Waals surface area contributed by atoms with Gasteiger partial charge in [0.2, 0.25) is 0 Å². The molecule has 0 amide bonds. The summed E-state index contributed by atoms with van der Waals surface area (Å²) in [6.07, 6.45) is 4.96. The standard InChI is InChI=1S/C17H28N2O.ClH/c1-3-13-19(16-8-11-18-12-9-16)14-10-15-4-6-17(20-2)7-5-15;/h4-7,16,18H,3,8-14H2,1-2H3;1H. The fraction of sp³-hybridized carbons (Fsp3) is 0.647. The lowest BCUT2D eigenvalue weighted by atomic mass is 10.0. The second-order valence-corrected chi connectivity index (χ2v) is 5.62. The number of nitrogens with one attached hydrogen (secondary N) is 1. The number of rotatable bonds is 7. The molecule has 0 saturated carbocycles. The van der Waals surface area contributed by atoms with Gasteiger partial charge in [-0.05, 0) is 63.0 Å². The van der Waals surface area contributed by atoms with Crippen molar-refractivity contribution in [2.45, 2.75) is 38.6 Å².